The lowest BCUT2D eigenvalue weighted by Gasteiger charge is -1.54. The van der Waals surface area contributed by atoms with Gasteiger partial charge in [-0.15, -0.1) is 0 Å². The first-order valence-corrected chi connectivity index (χ1v) is 1.38. The van der Waals surface area contributed by atoms with Crippen LogP contribution < -0.4 is 6.15 Å². The highest BCUT2D eigenvalue weighted by atomic mass is 35.5. The summed E-state index contributed by atoms with van der Waals surface area (Å²) in [7, 11) is 0. The fourth-order valence-corrected chi connectivity index (χ4v) is 0. The molecule has 0 aliphatic heterocycles. The Kier molecular flexibility index (Phi) is 7.55. The summed E-state index contributed by atoms with van der Waals surface area (Å²) in [6.07, 6.45) is 0. The molecule has 4 heteroatoms. The van der Waals surface area contributed by atoms with Crippen LogP contribution in [0.4, 0.5) is 0 Å². The van der Waals surface area contributed by atoms with E-state index >= 15 is 0 Å². The van der Waals surface area contributed by atoms with E-state index in [2.05, 4.69) is 23.2 Å². The summed E-state index contributed by atoms with van der Waals surface area (Å²) >= 11 is 9.25. The van der Waals surface area contributed by atoms with E-state index < -0.39 is 0 Å². The minimum absolute atomic E-state index is 0. The molecule has 0 rings (SSSR count). The van der Waals surface area contributed by atoms with Crippen LogP contribution in [0.15, 0.2) is 0 Å². The fraction of sp³-hybridized carbons (Fsp3) is 0. The minimum atomic E-state index is -0.389. The van der Waals surface area contributed by atoms with E-state index in [1.165, 1.54) is 0 Å². The molecule has 32 valence electrons. The fourth-order valence-electron chi connectivity index (χ4n) is 0. The van der Waals surface area contributed by atoms with Crippen LogP contribution in [0.25, 0.3) is 0 Å². The highest BCUT2D eigenvalue weighted by molar-refractivity contribution is 6.94. The van der Waals surface area contributed by atoms with Crippen molar-refractivity contribution in [3.05, 3.63) is 0 Å². The standard InChI is InChI=1S/CHCl2N.H3N/c2-1(3)4;/h4H;1H3. The third kappa shape index (κ3) is 466. The van der Waals surface area contributed by atoms with Gasteiger partial charge in [0.15, 0.2) is 4.63 Å². The quantitative estimate of drug-likeness (QED) is 0.462. The molecule has 0 aromatic carbocycles. The first kappa shape index (κ1) is 8.96. The molecule has 0 spiro atoms. The predicted octanol–water partition coefficient (Wildman–Crippen LogP) is 1.56. The van der Waals surface area contributed by atoms with Crippen molar-refractivity contribution >= 4 is 27.8 Å². The molecule has 0 fully saturated rings. The van der Waals surface area contributed by atoms with Crippen molar-refractivity contribution in [2.24, 2.45) is 0 Å². The van der Waals surface area contributed by atoms with Crippen molar-refractivity contribution in [3.8, 4) is 0 Å². The van der Waals surface area contributed by atoms with E-state index in [-0.39, 0.29) is 10.8 Å². The zero-order valence-corrected chi connectivity index (χ0v) is 3.97. The van der Waals surface area contributed by atoms with Gasteiger partial charge in [-0.2, -0.15) is 0 Å². The second kappa shape index (κ2) is 4.21. The summed E-state index contributed by atoms with van der Waals surface area (Å²) in [6.45, 7) is 0. The molecule has 0 aromatic rings. The number of hydrogen-bond donors (Lipinski definition) is 2. The average molecular weight is 115 g/mol. The van der Waals surface area contributed by atoms with Crippen molar-refractivity contribution in [1.29, 1.82) is 5.41 Å². The molecule has 5 heavy (non-hydrogen) atoms. The van der Waals surface area contributed by atoms with E-state index in [4.69, 9.17) is 5.41 Å². The van der Waals surface area contributed by atoms with Gasteiger partial charge in [-0.05, 0) is 23.2 Å². The number of rotatable bonds is 0. The molecule has 0 saturated carbocycles. The summed E-state index contributed by atoms with van der Waals surface area (Å²) in [4.78, 5) is 0. The molecule has 4 N–H and O–H groups in total. The number of nitrogens with one attached hydrogen (secondary N) is 1. The monoisotopic (exact) mass is 114 g/mol. The molecule has 0 amide bonds. The van der Waals surface area contributed by atoms with E-state index in [9.17, 15) is 0 Å². The van der Waals surface area contributed by atoms with Crippen LogP contribution in [0, 0.1) is 5.41 Å². The van der Waals surface area contributed by atoms with E-state index in [0.717, 1.165) is 0 Å². The van der Waals surface area contributed by atoms with Gasteiger partial charge in [0.1, 0.15) is 0 Å². The smallest absolute Gasteiger partial charge is 0.189 e. The molecular weight excluding hydrogens is 111 g/mol. The summed E-state index contributed by atoms with van der Waals surface area (Å²) < 4.78 is -0.389. The highest BCUT2D eigenvalue weighted by Crippen LogP contribution is 1.81. The van der Waals surface area contributed by atoms with Gasteiger partial charge in [-0.25, -0.2) is 0 Å². The molecular formula is CH4Cl2N2. The summed E-state index contributed by atoms with van der Waals surface area (Å²) in [5, 5.41) is 6.03. The van der Waals surface area contributed by atoms with Crippen molar-refractivity contribution in [1.82, 2.24) is 6.15 Å². The lowest BCUT2D eigenvalue weighted by Crippen LogP contribution is -1.50. The van der Waals surface area contributed by atoms with Gasteiger partial charge in [0, 0.05) is 0 Å². The van der Waals surface area contributed by atoms with Crippen LogP contribution in [-0.4, -0.2) is 4.63 Å². The molecule has 0 aliphatic carbocycles. The lowest BCUT2D eigenvalue weighted by molar-refractivity contribution is 1.59. The van der Waals surface area contributed by atoms with Crippen molar-refractivity contribution in [2.45, 2.75) is 0 Å². The van der Waals surface area contributed by atoms with Crippen molar-refractivity contribution < 1.29 is 0 Å². The van der Waals surface area contributed by atoms with Crippen LogP contribution in [0.2, 0.25) is 0 Å². The van der Waals surface area contributed by atoms with Crippen molar-refractivity contribution in [3.63, 3.8) is 0 Å². The predicted molar refractivity (Wildman–Crippen MR) is 24.5 cm³/mol. The molecule has 0 heterocycles. The largest absolute Gasteiger partial charge is 0.344 e. The van der Waals surface area contributed by atoms with Gasteiger partial charge in [-0.1, -0.05) is 0 Å². The first-order chi connectivity index (χ1) is 1.73. The van der Waals surface area contributed by atoms with Gasteiger partial charge in [0.25, 0.3) is 0 Å². The Labute approximate surface area is 40.2 Å². The van der Waals surface area contributed by atoms with E-state index in [0.29, 0.717) is 0 Å². The Hall–Kier alpha value is 0.210. The Balaban J connectivity index is 0. The second-order valence-corrected chi connectivity index (χ2v) is 1.21. The Morgan fingerprint density at radius 3 is 1.40 bits per heavy atom. The van der Waals surface area contributed by atoms with Crippen molar-refractivity contribution in [2.75, 3.05) is 0 Å². The first-order valence-electron chi connectivity index (χ1n) is 0.628. The maximum absolute atomic E-state index is 6.03. The van der Waals surface area contributed by atoms with Gasteiger partial charge >= 0.3 is 0 Å². The van der Waals surface area contributed by atoms with Crippen LogP contribution in [-0.2, 0) is 0 Å². The van der Waals surface area contributed by atoms with Gasteiger partial charge in [0.2, 0.25) is 0 Å². The molecule has 0 unspecified atom stereocenters. The summed E-state index contributed by atoms with van der Waals surface area (Å²) in [5.74, 6) is 0. The Bertz CT molecular complexity index is 30.6. The highest BCUT2D eigenvalue weighted by Gasteiger charge is 1.64. The lowest BCUT2D eigenvalue weighted by atomic mass is 11.7. The summed E-state index contributed by atoms with van der Waals surface area (Å²) in [6, 6.07) is 0. The van der Waals surface area contributed by atoms with Gasteiger partial charge in [0.05, 0.1) is 0 Å². The van der Waals surface area contributed by atoms with Gasteiger partial charge < -0.3 is 6.15 Å². The molecule has 0 aliphatic rings. The topological polar surface area (TPSA) is 58.9 Å². The molecule has 0 radical (unpaired) electrons. The third-order valence-corrected chi connectivity index (χ3v) is 0. The molecule has 0 saturated heterocycles. The minimum Gasteiger partial charge on any atom is -0.344 e. The third-order valence-electron chi connectivity index (χ3n) is 0. The van der Waals surface area contributed by atoms with Gasteiger partial charge in [-0.3, -0.25) is 5.41 Å². The van der Waals surface area contributed by atoms with Crippen LogP contribution in [0.3, 0.4) is 0 Å². The number of hydrogen-bond acceptors (Lipinski definition) is 2. The van der Waals surface area contributed by atoms with Crippen LogP contribution in [0.5, 0.6) is 0 Å². The average Bonchev–Trinajstić information content (AvgIpc) is 0.811. The Morgan fingerprint density at radius 1 is 1.40 bits per heavy atom. The maximum Gasteiger partial charge on any atom is 0.189 e. The summed E-state index contributed by atoms with van der Waals surface area (Å²) in [5.41, 5.74) is 0. The molecule has 0 aromatic heterocycles. The molecule has 0 bridgehead atoms. The number of halogens is 2. The van der Waals surface area contributed by atoms with Crippen LogP contribution in [0.1, 0.15) is 0 Å². The van der Waals surface area contributed by atoms with Crippen LogP contribution >= 0.6 is 23.2 Å². The molecule has 2 nitrogen and oxygen atoms in total. The Morgan fingerprint density at radius 2 is 1.40 bits per heavy atom. The maximum atomic E-state index is 6.03. The zero-order chi connectivity index (χ0) is 3.58. The normalized spacial score (nSPS) is 5.20. The zero-order valence-electron chi connectivity index (χ0n) is 2.46. The SMILES string of the molecule is N.N=C(Cl)Cl. The second-order valence-electron chi connectivity index (χ2n) is 0.260. The molecule has 0 atom stereocenters. The van der Waals surface area contributed by atoms with E-state index in [1.807, 2.05) is 0 Å². The van der Waals surface area contributed by atoms with E-state index in [1.54, 1.807) is 0 Å².